The number of furan rings is 1. The molecule has 0 aliphatic heterocycles. The molecule has 0 unspecified atom stereocenters. The Kier molecular flexibility index (Phi) is 6.62. The Labute approximate surface area is 188 Å². The highest BCUT2D eigenvalue weighted by molar-refractivity contribution is 7.80. The van der Waals surface area contributed by atoms with Crippen molar-refractivity contribution in [2.75, 3.05) is 5.32 Å². The number of alkyl halides is 3. The lowest BCUT2D eigenvalue weighted by Crippen LogP contribution is -2.34. The molecule has 3 rings (SSSR count). The molecule has 0 spiro atoms. The van der Waals surface area contributed by atoms with E-state index in [1.807, 2.05) is 0 Å². The van der Waals surface area contributed by atoms with Gasteiger partial charge in [0, 0.05) is 5.56 Å². The number of carbonyl (C=O) groups excluding carboxylic acids is 1. The molecule has 2 N–H and O–H groups in total. The van der Waals surface area contributed by atoms with Crippen molar-refractivity contribution >= 4 is 63.7 Å². The van der Waals surface area contributed by atoms with Gasteiger partial charge in [-0.15, -0.1) is 0 Å². The van der Waals surface area contributed by atoms with Gasteiger partial charge in [-0.2, -0.15) is 13.2 Å². The number of rotatable bonds is 3. The summed E-state index contributed by atoms with van der Waals surface area (Å²) < 4.78 is 43.6. The van der Waals surface area contributed by atoms with Crippen LogP contribution in [-0.4, -0.2) is 11.0 Å². The summed E-state index contributed by atoms with van der Waals surface area (Å²) in [7, 11) is 0. The van der Waals surface area contributed by atoms with Crippen LogP contribution in [0.25, 0.3) is 11.3 Å². The van der Waals surface area contributed by atoms with Crippen molar-refractivity contribution < 1.29 is 22.4 Å². The topological polar surface area (TPSA) is 54.3 Å². The molecule has 11 heteroatoms. The molecule has 1 aromatic heterocycles. The first-order chi connectivity index (χ1) is 14.1. The molecule has 1 heterocycles. The van der Waals surface area contributed by atoms with Gasteiger partial charge in [0.1, 0.15) is 5.76 Å². The average molecular weight is 494 g/mol. The van der Waals surface area contributed by atoms with Crippen LogP contribution < -0.4 is 10.6 Å². The maximum absolute atomic E-state index is 12.7. The Hall–Kier alpha value is -2.26. The highest BCUT2D eigenvalue weighted by atomic mass is 35.5. The number of anilines is 1. The minimum atomic E-state index is -4.53. The van der Waals surface area contributed by atoms with E-state index in [2.05, 4.69) is 10.6 Å². The third-order valence-corrected chi connectivity index (χ3v) is 5.15. The quantitative estimate of drug-likeness (QED) is 0.384. The summed E-state index contributed by atoms with van der Waals surface area (Å²) in [6, 6.07) is 10.6. The monoisotopic (exact) mass is 492 g/mol. The van der Waals surface area contributed by atoms with Crippen molar-refractivity contribution in [1.82, 2.24) is 5.32 Å². The minimum Gasteiger partial charge on any atom is -0.451 e. The van der Waals surface area contributed by atoms with Crippen LogP contribution in [0, 0.1) is 0 Å². The fourth-order valence-corrected chi connectivity index (χ4v) is 3.23. The van der Waals surface area contributed by atoms with Gasteiger partial charge < -0.3 is 9.73 Å². The Morgan fingerprint density at radius 2 is 1.73 bits per heavy atom. The molecule has 3 aromatic rings. The summed E-state index contributed by atoms with van der Waals surface area (Å²) in [6.45, 7) is 0. The lowest BCUT2D eigenvalue weighted by molar-refractivity contribution is -0.137. The zero-order valence-corrected chi connectivity index (χ0v) is 17.7. The molecule has 0 aliphatic carbocycles. The third-order valence-electron chi connectivity index (χ3n) is 3.82. The predicted octanol–water partition coefficient (Wildman–Crippen LogP) is 7.05. The summed E-state index contributed by atoms with van der Waals surface area (Å²) in [4.78, 5) is 12.3. The van der Waals surface area contributed by atoms with Crippen molar-refractivity contribution in [2.45, 2.75) is 6.18 Å². The molecular weight excluding hydrogens is 484 g/mol. The van der Waals surface area contributed by atoms with Gasteiger partial charge in [0.05, 0.1) is 26.3 Å². The van der Waals surface area contributed by atoms with Crippen LogP contribution >= 0.6 is 47.0 Å². The van der Waals surface area contributed by atoms with Gasteiger partial charge in [-0.25, -0.2) is 0 Å². The first-order valence-corrected chi connectivity index (χ1v) is 9.64. The smallest absolute Gasteiger partial charge is 0.416 e. The summed E-state index contributed by atoms with van der Waals surface area (Å²) in [6.07, 6.45) is -4.53. The molecule has 0 atom stereocenters. The number of hydrogen-bond acceptors (Lipinski definition) is 3. The molecule has 0 fully saturated rings. The van der Waals surface area contributed by atoms with Crippen LogP contribution in [0.4, 0.5) is 18.9 Å². The molecule has 0 bridgehead atoms. The largest absolute Gasteiger partial charge is 0.451 e. The molecule has 0 aliphatic rings. The SMILES string of the molecule is O=C(NC(=S)Nc1ccc(C(F)(F)F)cc1Cl)c1ccc(-c2cccc(Cl)c2Cl)o1. The normalized spacial score (nSPS) is 11.3. The molecule has 1 amide bonds. The van der Waals surface area contributed by atoms with Crippen molar-refractivity contribution in [2.24, 2.45) is 0 Å². The van der Waals surface area contributed by atoms with Crippen LogP contribution in [0.1, 0.15) is 16.1 Å². The van der Waals surface area contributed by atoms with E-state index in [9.17, 15) is 18.0 Å². The van der Waals surface area contributed by atoms with Gasteiger partial charge >= 0.3 is 6.18 Å². The zero-order valence-electron chi connectivity index (χ0n) is 14.6. The van der Waals surface area contributed by atoms with E-state index >= 15 is 0 Å². The van der Waals surface area contributed by atoms with E-state index in [1.54, 1.807) is 18.2 Å². The lowest BCUT2D eigenvalue weighted by Gasteiger charge is -2.12. The van der Waals surface area contributed by atoms with Crippen molar-refractivity contribution in [3.05, 3.63) is 74.9 Å². The lowest BCUT2D eigenvalue weighted by atomic mass is 10.2. The van der Waals surface area contributed by atoms with E-state index in [0.29, 0.717) is 16.3 Å². The minimum absolute atomic E-state index is 0.0660. The van der Waals surface area contributed by atoms with Gasteiger partial charge in [-0.1, -0.05) is 40.9 Å². The number of benzene rings is 2. The highest BCUT2D eigenvalue weighted by Gasteiger charge is 2.31. The van der Waals surface area contributed by atoms with E-state index in [-0.39, 0.29) is 26.6 Å². The van der Waals surface area contributed by atoms with Crippen LogP contribution in [0.3, 0.4) is 0 Å². The Bertz CT molecular complexity index is 1130. The molecule has 30 heavy (non-hydrogen) atoms. The molecular formula is C19H10Cl3F3N2O2S. The molecule has 0 radical (unpaired) electrons. The van der Waals surface area contributed by atoms with E-state index in [1.165, 1.54) is 12.1 Å². The first-order valence-electron chi connectivity index (χ1n) is 8.09. The van der Waals surface area contributed by atoms with Crippen LogP contribution in [0.5, 0.6) is 0 Å². The zero-order chi connectivity index (χ0) is 22.1. The highest BCUT2D eigenvalue weighted by Crippen LogP contribution is 2.35. The second-order valence-electron chi connectivity index (χ2n) is 5.87. The Morgan fingerprint density at radius 1 is 1.00 bits per heavy atom. The van der Waals surface area contributed by atoms with Gasteiger partial charge in [0.2, 0.25) is 0 Å². The molecule has 4 nitrogen and oxygen atoms in total. The molecule has 0 saturated heterocycles. The fraction of sp³-hybridized carbons (Fsp3) is 0.0526. The number of carbonyl (C=O) groups is 1. The second-order valence-corrected chi connectivity index (χ2v) is 7.47. The third kappa shape index (κ3) is 5.07. The summed E-state index contributed by atoms with van der Waals surface area (Å²) in [5, 5.41) is 5.13. The number of nitrogens with one attached hydrogen (secondary N) is 2. The van der Waals surface area contributed by atoms with Crippen LogP contribution in [-0.2, 0) is 6.18 Å². The average Bonchev–Trinajstić information content (AvgIpc) is 3.15. The summed E-state index contributed by atoms with van der Waals surface area (Å²) in [5.41, 5.74) is -0.308. The molecule has 156 valence electrons. The maximum Gasteiger partial charge on any atom is 0.416 e. The van der Waals surface area contributed by atoms with Crippen molar-refractivity contribution in [1.29, 1.82) is 0 Å². The number of halogens is 6. The van der Waals surface area contributed by atoms with Gasteiger partial charge in [-0.05, 0) is 54.7 Å². The fourth-order valence-electron chi connectivity index (χ4n) is 2.41. The first kappa shape index (κ1) is 22.4. The molecule has 0 saturated carbocycles. The van der Waals surface area contributed by atoms with Crippen molar-refractivity contribution in [3.63, 3.8) is 0 Å². The van der Waals surface area contributed by atoms with Gasteiger partial charge in [0.15, 0.2) is 10.9 Å². The predicted molar refractivity (Wildman–Crippen MR) is 114 cm³/mol. The second kappa shape index (κ2) is 8.85. The van der Waals surface area contributed by atoms with Crippen molar-refractivity contribution in [3.8, 4) is 11.3 Å². The standard InChI is InChI=1S/C19H10Cl3F3N2O2S/c20-11-3-1-2-10(16(11)22)14-6-7-15(29-14)17(28)27-18(30)26-13-5-4-9(8-12(13)21)19(23,24)25/h1-8H,(H2,26,27,28,30). The number of thiocarbonyl (C=S) groups is 1. The number of hydrogen-bond donors (Lipinski definition) is 2. The number of amides is 1. The van der Waals surface area contributed by atoms with E-state index < -0.39 is 17.6 Å². The molecule has 2 aromatic carbocycles. The van der Waals surface area contributed by atoms with Crippen LogP contribution in [0.15, 0.2) is 52.9 Å². The Morgan fingerprint density at radius 3 is 2.40 bits per heavy atom. The Balaban J connectivity index is 1.69. The van der Waals surface area contributed by atoms with Gasteiger partial charge in [-0.3, -0.25) is 10.1 Å². The van der Waals surface area contributed by atoms with E-state index in [0.717, 1.165) is 18.2 Å². The summed E-state index contributed by atoms with van der Waals surface area (Å²) in [5.74, 6) is -0.430. The van der Waals surface area contributed by atoms with Crippen LogP contribution in [0.2, 0.25) is 15.1 Å². The maximum atomic E-state index is 12.7. The van der Waals surface area contributed by atoms with Gasteiger partial charge in [0.25, 0.3) is 5.91 Å². The summed E-state index contributed by atoms with van der Waals surface area (Å²) >= 11 is 23.0. The van der Waals surface area contributed by atoms with E-state index in [4.69, 9.17) is 51.4 Å².